The molecule has 0 heterocycles. The van der Waals surface area contributed by atoms with Gasteiger partial charge in [-0.05, 0) is 33.8 Å². The zero-order chi connectivity index (χ0) is 11.4. The van der Waals surface area contributed by atoms with Crippen molar-refractivity contribution in [3.05, 3.63) is 22.2 Å². The Bertz CT molecular complexity index is 335. The minimum Gasteiger partial charge on any atom is -0.494 e. The molecule has 0 aliphatic rings. The van der Waals surface area contributed by atoms with Gasteiger partial charge in [0.25, 0.3) is 0 Å². The molecule has 0 aromatic heterocycles. The Labute approximate surface area is 99.7 Å². The van der Waals surface area contributed by atoms with Crippen molar-refractivity contribution >= 4 is 15.9 Å². The molecule has 0 radical (unpaired) electrons. The van der Waals surface area contributed by atoms with Crippen LogP contribution in [0.3, 0.4) is 0 Å². The van der Waals surface area contributed by atoms with Crippen LogP contribution in [0.4, 0.5) is 0 Å². The second kappa shape index (κ2) is 5.40. The van der Waals surface area contributed by atoms with E-state index in [1.165, 1.54) is 0 Å². The SMILES string of the molecule is CCOc1cc(Br)c(C)c(OC(C)C)c1. The van der Waals surface area contributed by atoms with E-state index < -0.39 is 0 Å². The van der Waals surface area contributed by atoms with Gasteiger partial charge in [-0.2, -0.15) is 0 Å². The van der Waals surface area contributed by atoms with E-state index in [2.05, 4.69) is 15.9 Å². The lowest BCUT2D eigenvalue weighted by molar-refractivity contribution is 0.238. The summed E-state index contributed by atoms with van der Waals surface area (Å²) in [7, 11) is 0. The quantitative estimate of drug-likeness (QED) is 0.827. The fourth-order valence-corrected chi connectivity index (χ4v) is 1.68. The average molecular weight is 273 g/mol. The Balaban J connectivity index is 3.01. The van der Waals surface area contributed by atoms with E-state index in [9.17, 15) is 0 Å². The lowest BCUT2D eigenvalue weighted by Gasteiger charge is -2.15. The third-order valence-corrected chi connectivity index (χ3v) is 2.77. The van der Waals surface area contributed by atoms with Crippen LogP contribution in [0.2, 0.25) is 0 Å². The normalized spacial score (nSPS) is 10.5. The zero-order valence-electron chi connectivity index (χ0n) is 9.63. The van der Waals surface area contributed by atoms with E-state index in [4.69, 9.17) is 9.47 Å². The van der Waals surface area contributed by atoms with Gasteiger partial charge in [-0.1, -0.05) is 15.9 Å². The molecule has 0 spiro atoms. The Kier molecular flexibility index (Phi) is 4.45. The summed E-state index contributed by atoms with van der Waals surface area (Å²) >= 11 is 3.50. The molecule has 0 aliphatic carbocycles. The largest absolute Gasteiger partial charge is 0.494 e. The number of hydrogen-bond donors (Lipinski definition) is 0. The van der Waals surface area contributed by atoms with Crippen LogP contribution in [0.5, 0.6) is 11.5 Å². The van der Waals surface area contributed by atoms with E-state index in [0.717, 1.165) is 21.5 Å². The molecular weight excluding hydrogens is 256 g/mol. The molecule has 0 unspecified atom stereocenters. The van der Waals surface area contributed by atoms with Gasteiger partial charge in [-0.15, -0.1) is 0 Å². The molecule has 0 saturated carbocycles. The zero-order valence-corrected chi connectivity index (χ0v) is 11.2. The standard InChI is InChI=1S/C12H17BrO2/c1-5-14-10-6-11(13)9(4)12(7-10)15-8(2)3/h6-8H,5H2,1-4H3. The maximum atomic E-state index is 5.70. The molecular formula is C12H17BrO2. The van der Waals surface area contributed by atoms with Crippen molar-refractivity contribution in [1.82, 2.24) is 0 Å². The molecule has 84 valence electrons. The molecule has 0 amide bonds. The molecule has 3 heteroatoms. The molecule has 0 bridgehead atoms. The van der Waals surface area contributed by atoms with Gasteiger partial charge in [0.15, 0.2) is 0 Å². The molecule has 0 fully saturated rings. The highest BCUT2D eigenvalue weighted by Gasteiger charge is 2.08. The monoisotopic (exact) mass is 272 g/mol. The molecule has 1 rings (SSSR count). The Morgan fingerprint density at radius 3 is 2.53 bits per heavy atom. The first-order chi connectivity index (χ1) is 7.04. The van der Waals surface area contributed by atoms with Crippen molar-refractivity contribution < 1.29 is 9.47 Å². The first-order valence-corrected chi connectivity index (χ1v) is 5.93. The van der Waals surface area contributed by atoms with Crippen LogP contribution >= 0.6 is 15.9 Å². The van der Waals surface area contributed by atoms with Crippen LogP contribution < -0.4 is 9.47 Å². The van der Waals surface area contributed by atoms with E-state index in [0.29, 0.717) is 6.61 Å². The van der Waals surface area contributed by atoms with Crippen molar-refractivity contribution in [2.75, 3.05) is 6.61 Å². The van der Waals surface area contributed by atoms with Gasteiger partial charge in [0.1, 0.15) is 11.5 Å². The van der Waals surface area contributed by atoms with Crippen LogP contribution in [-0.4, -0.2) is 12.7 Å². The van der Waals surface area contributed by atoms with Crippen molar-refractivity contribution in [3.8, 4) is 11.5 Å². The molecule has 0 atom stereocenters. The van der Waals surface area contributed by atoms with E-state index in [-0.39, 0.29) is 6.10 Å². The van der Waals surface area contributed by atoms with E-state index >= 15 is 0 Å². The fraction of sp³-hybridized carbons (Fsp3) is 0.500. The molecule has 0 saturated heterocycles. The second-order valence-corrected chi connectivity index (χ2v) is 4.48. The number of ether oxygens (including phenoxy) is 2. The Hall–Kier alpha value is -0.700. The number of rotatable bonds is 4. The lowest BCUT2D eigenvalue weighted by Crippen LogP contribution is -2.07. The van der Waals surface area contributed by atoms with Crippen LogP contribution in [0.25, 0.3) is 0 Å². The van der Waals surface area contributed by atoms with Gasteiger partial charge >= 0.3 is 0 Å². The van der Waals surface area contributed by atoms with Crippen molar-refractivity contribution in [1.29, 1.82) is 0 Å². The smallest absolute Gasteiger partial charge is 0.127 e. The summed E-state index contributed by atoms with van der Waals surface area (Å²) in [5.41, 5.74) is 1.10. The summed E-state index contributed by atoms with van der Waals surface area (Å²) in [5, 5.41) is 0. The topological polar surface area (TPSA) is 18.5 Å². The molecule has 1 aromatic rings. The summed E-state index contributed by atoms with van der Waals surface area (Å²) < 4.78 is 12.2. The lowest BCUT2D eigenvalue weighted by atomic mass is 10.2. The van der Waals surface area contributed by atoms with Crippen molar-refractivity contribution in [3.63, 3.8) is 0 Å². The van der Waals surface area contributed by atoms with Crippen molar-refractivity contribution in [2.45, 2.75) is 33.8 Å². The summed E-state index contributed by atoms with van der Waals surface area (Å²) in [5.74, 6) is 1.72. The minimum absolute atomic E-state index is 0.174. The van der Waals surface area contributed by atoms with Crippen LogP contribution in [-0.2, 0) is 0 Å². The summed E-state index contributed by atoms with van der Waals surface area (Å²) in [4.78, 5) is 0. The van der Waals surface area contributed by atoms with Crippen LogP contribution in [0, 0.1) is 6.92 Å². The minimum atomic E-state index is 0.174. The maximum Gasteiger partial charge on any atom is 0.127 e. The summed E-state index contributed by atoms with van der Waals surface area (Å²) in [6.07, 6.45) is 0.174. The molecule has 1 aromatic carbocycles. The van der Waals surface area contributed by atoms with Crippen LogP contribution in [0.15, 0.2) is 16.6 Å². The van der Waals surface area contributed by atoms with Gasteiger partial charge in [0, 0.05) is 16.1 Å². The third-order valence-electron chi connectivity index (χ3n) is 1.94. The van der Waals surface area contributed by atoms with Gasteiger partial charge in [-0.3, -0.25) is 0 Å². The van der Waals surface area contributed by atoms with E-state index in [1.807, 2.05) is 39.8 Å². The van der Waals surface area contributed by atoms with Gasteiger partial charge in [0.2, 0.25) is 0 Å². The molecule has 2 nitrogen and oxygen atoms in total. The average Bonchev–Trinajstić information content (AvgIpc) is 2.13. The molecule has 15 heavy (non-hydrogen) atoms. The summed E-state index contributed by atoms with van der Waals surface area (Å²) in [6.45, 7) is 8.69. The number of halogens is 1. The first kappa shape index (κ1) is 12.4. The van der Waals surface area contributed by atoms with E-state index in [1.54, 1.807) is 0 Å². The highest BCUT2D eigenvalue weighted by atomic mass is 79.9. The third kappa shape index (κ3) is 3.42. The number of hydrogen-bond acceptors (Lipinski definition) is 2. The second-order valence-electron chi connectivity index (χ2n) is 3.63. The fourth-order valence-electron chi connectivity index (χ4n) is 1.26. The van der Waals surface area contributed by atoms with Gasteiger partial charge in [0.05, 0.1) is 12.7 Å². The predicted molar refractivity (Wildman–Crippen MR) is 65.8 cm³/mol. The maximum absolute atomic E-state index is 5.70. The van der Waals surface area contributed by atoms with Gasteiger partial charge < -0.3 is 9.47 Å². The van der Waals surface area contributed by atoms with Crippen LogP contribution in [0.1, 0.15) is 26.3 Å². The molecule has 0 aliphatic heterocycles. The summed E-state index contributed by atoms with van der Waals surface area (Å²) in [6, 6.07) is 3.90. The highest BCUT2D eigenvalue weighted by molar-refractivity contribution is 9.10. The van der Waals surface area contributed by atoms with Gasteiger partial charge in [-0.25, -0.2) is 0 Å². The Morgan fingerprint density at radius 1 is 1.33 bits per heavy atom. The van der Waals surface area contributed by atoms with Crippen molar-refractivity contribution in [2.24, 2.45) is 0 Å². The number of benzene rings is 1. The highest BCUT2D eigenvalue weighted by Crippen LogP contribution is 2.32. The predicted octanol–water partition coefficient (Wildman–Crippen LogP) is 3.94. The Morgan fingerprint density at radius 2 is 2.00 bits per heavy atom. The first-order valence-electron chi connectivity index (χ1n) is 5.14. The molecule has 0 N–H and O–H groups in total.